The molecule has 1 rings (SSSR count). The molecule has 1 saturated heterocycles. The van der Waals surface area contributed by atoms with Gasteiger partial charge in [0.25, 0.3) is 0 Å². The Balaban J connectivity index is 2.59. The molecule has 2 atom stereocenters. The van der Waals surface area contributed by atoms with Crippen molar-refractivity contribution in [3.8, 4) is 0 Å². The van der Waals surface area contributed by atoms with Gasteiger partial charge in [0, 0.05) is 18.1 Å². The number of rotatable bonds is 4. The molecule has 0 aromatic carbocycles. The van der Waals surface area contributed by atoms with Crippen LogP contribution < -0.4 is 5.73 Å². The van der Waals surface area contributed by atoms with Gasteiger partial charge in [-0.2, -0.15) is 0 Å². The summed E-state index contributed by atoms with van der Waals surface area (Å²) in [6.45, 7) is 11.4. The molecule has 0 aliphatic carbocycles. The third-order valence-electron chi connectivity index (χ3n) is 3.72. The fourth-order valence-electron chi connectivity index (χ4n) is 2.84. The molecule has 0 radical (unpaired) electrons. The Labute approximate surface area is 88.8 Å². The lowest BCUT2D eigenvalue weighted by Crippen LogP contribution is -2.43. The summed E-state index contributed by atoms with van der Waals surface area (Å²) in [5.74, 6) is 0.823. The first-order valence-corrected chi connectivity index (χ1v) is 5.98. The van der Waals surface area contributed by atoms with E-state index in [-0.39, 0.29) is 0 Å². The van der Waals surface area contributed by atoms with Crippen LogP contribution in [0.3, 0.4) is 0 Å². The minimum absolute atomic E-state index is 0.384. The lowest BCUT2D eigenvalue weighted by atomic mass is 9.94. The highest BCUT2D eigenvalue weighted by atomic mass is 15.2. The van der Waals surface area contributed by atoms with Crippen molar-refractivity contribution in [3.63, 3.8) is 0 Å². The van der Waals surface area contributed by atoms with Crippen molar-refractivity contribution in [3.05, 3.63) is 0 Å². The summed E-state index contributed by atoms with van der Waals surface area (Å²) in [6.07, 6.45) is 3.75. The normalized spacial score (nSPS) is 29.4. The standard InChI is InChI=1S/C12H26N2/c1-5-10(2)14-9-11(6-7-13)8-12(14,3)4/h10-11H,5-9,13H2,1-4H3. The first kappa shape index (κ1) is 12.0. The molecule has 1 aliphatic heterocycles. The Morgan fingerprint density at radius 3 is 2.64 bits per heavy atom. The summed E-state index contributed by atoms with van der Waals surface area (Å²) < 4.78 is 0. The van der Waals surface area contributed by atoms with E-state index < -0.39 is 0 Å². The lowest BCUT2D eigenvalue weighted by Gasteiger charge is -2.36. The minimum Gasteiger partial charge on any atom is -0.330 e. The summed E-state index contributed by atoms with van der Waals surface area (Å²) in [4.78, 5) is 2.66. The largest absolute Gasteiger partial charge is 0.330 e. The predicted octanol–water partition coefficient (Wildman–Crippen LogP) is 2.23. The van der Waals surface area contributed by atoms with Gasteiger partial charge in [0.1, 0.15) is 0 Å². The molecule has 1 fully saturated rings. The zero-order valence-corrected chi connectivity index (χ0v) is 10.2. The number of nitrogens with two attached hydrogens (primary N) is 1. The molecule has 2 unspecified atom stereocenters. The van der Waals surface area contributed by atoms with Crippen LogP contribution in [0, 0.1) is 5.92 Å². The first-order valence-electron chi connectivity index (χ1n) is 5.98. The molecule has 0 amide bonds. The first-order chi connectivity index (χ1) is 6.51. The third-order valence-corrected chi connectivity index (χ3v) is 3.72. The van der Waals surface area contributed by atoms with E-state index in [1.165, 1.54) is 25.8 Å². The van der Waals surface area contributed by atoms with Crippen LogP contribution in [0.25, 0.3) is 0 Å². The van der Waals surface area contributed by atoms with Gasteiger partial charge in [0.2, 0.25) is 0 Å². The molecule has 0 aromatic rings. The Morgan fingerprint density at radius 2 is 2.14 bits per heavy atom. The van der Waals surface area contributed by atoms with E-state index in [4.69, 9.17) is 5.73 Å². The van der Waals surface area contributed by atoms with Crippen LogP contribution >= 0.6 is 0 Å². The van der Waals surface area contributed by atoms with E-state index in [0.717, 1.165) is 12.5 Å². The molecule has 0 aromatic heterocycles. The number of likely N-dealkylation sites (tertiary alicyclic amines) is 1. The highest BCUT2D eigenvalue weighted by Crippen LogP contribution is 2.36. The highest BCUT2D eigenvalue weighted by molar-refractivity contribution is 4.94. The molecular formula is C12H26N2. The van der Waals surface area contributed by atoms with Gasteiger partial charge in [0.15, 0.2) is 0 Å². The molecule has 1 heterocycles. The maximum atomic E-state index is 5.63. The zero-order valence-electron chi connectivity index (χ0n) is 10.2. The van der Waals surface area contributed by atoms with Crippen molar-refractivity contribution in [1.29, 1.82) is 0 Å². The lowest BCUT2D eigenvalue weighted by molar-refractivity contribution is 0.121. The van der Waals surface area contributed by atoms with E-state index >= 15 is 0 Å². The van der Waals surface area contributed by atoms with Crippen molar-refractivity contribution in [2.75, 3.05) is 13.1 Å². The van der Waals surface area contributed by atoms with Gasteiger partial charge < -0.3 is 5.73 Å². The Hall–Kier alpha value is -0.0800. The van der Waals surface area contributed by atoms with Crippen LogP contribution in [0.5, 0.6) is 0 Å². The SMILES string of the molecule is CCC(C)N1CC(CCN)CC1(C)C. The molecular weight excluding hydrogens is 172 g/mol. The van der Waals surface area contributed by atoms with Crippen LogP contribution in [-0.2, 0) is 0 Å². The van der Waals surface area contributed by atoms with E-state index in [0.29, 0.717) is 11.6 Å². The van der Waals surface area contributed by atoms with Crippen LogP contribution in [0.2, 0.25) is 0 Å². The van der Waals surface area contributed by atoms with Gasteiger partial charge in [-0.1, -0.05) is 6.92 Å². The van der Waals surface area contributed by atoms with Crippen molar-refractivity contribution < 1.29 is 0 Å². The minimum atomic E-state index is 0.384. The average molecular weight is 198 g/mol. The summed E-state index contributed by atoms with van der Waals surface area (Å²) in [5, 5.41) is 0. The summed E-state index contributed by atoms with van der Waals surface area (Å²) >= 11 is 0. The monoisotopic (exact) mass is 198 g/mol. The second-order valence-corrected chi connectivity index (χ2v) is 5.37. The molecule has 84 valence electrons. The van der Waals surface area contributed by atoms with Crippen LogP contribution in [0.4, 0.5) is 0 Å². The fraction of sp³-hybridized carbons (Fsp3) is 1.00. The molecule has 14 heavy (non-hydrogen) atoms. The molecule has 2 N–H and O–H groups in total. The Morgan fingerprint density at radius 1 is 1.50 bits per heavy atom. The number of hydrogen-bond donors (Lipinski definition) is 1. The predicted molar refractivity (Wildman–Crippen MR) is 62.3 cm³/mol. The molecule has 2 nitrogen and oxygen atoms in total. The summed E-state index contributed by atoms with van der Waals surface area (Å²) in [6, 6.07) is 0.716. The van der Waals surface area contributed by atoms with Crippen LogP contribution in [0.1, 0.15) is 47.0 Å². The van der Waals surface area contributed by atoms with E-state index in [2.05, 4.69) is 32.6 Å². The number of nitrogens with zero attached hydrogens (tertiary/aromatic N) is 1. The maximum absolute atomic E-state index is 5.63. The van der Waals surface area contributed by atoms with Gasteiger partial charge in [-0.3, -0.25) is 4.90 Å². The quantitative estimate of drug-likeness (QED) is 0.750. The van der Waals surface area contributed by atoms with Crippen LogP contribution in [0.15, 0.2) is 0 Å². The molecule has 0 bridgehead atoms. The Kier molecular flexibility index (Phi) is 3.96. The van der Waals surface area contributed by atoms with Gasteiger partial charge in [-0.25, -0.2) is 0 Å². The third kappa shape index (κ3) is 2.48. The number of hydrogen-bond acceptors (Lipinski definition) is 2. The second-order valence-electron chi connectivity index (χ2n) is 5.37. The van der Waals surface area contributed by atoms with Crippen molar-refractivity contribution in [2.24, 2.45) is 11.7 Å². The smallest absolute Gasteiger partial charge is 0.0159 e. The van der Waals surface area contributed by atoms with Gasteiger partial charge in [0.05, 0.1) is 0 Å². The van der Waals surface area contributed by atoms with Crippen molar-refractivity contribution in [2.45, 2.75) is 58.5 Å². The van der Waals surface area contributed by atoms with Gasteiger partial charge in [-0.05, 0) is 52.5 Å². The van der Waals surface area contributed by atoms with Crippen LogP contribution in [-0.4, -0.2) is 29.6 Å². The van der Waals surface area contributed by atoms with Gasteiger partial charge in [-0.15, -0.1) is 0 Å². The second kappa shape index (κ2) is 4.63. The summed E-state index contributed by atoms with van der Waals surface area (Å²) in [7, 11) is 0. The fourth-order valence-corrected chi connectivity index (χ4v) is 2.84. The van der Waals surface area contributed by atoms with Crippen molar-refractivity contribution >= 4 is 0 Å². The topological polar surface area (TPSA) is 29.3 Å². The van der Waals surface area contributed by atoms with Gasteiger partial charge >= 0.3 is 0 Å². The maximum Gasteiger partial charge on any atom is 0.0159 e. The summed E-state index contributed by atoms with van der Waals surface area (Å²) in [5.41, 5.74) is 6.02. The molecule has 2 heteroatoms. The molecule has 0 spiro atoms. The van der Waals surface area contributed by atoms with E-state index in [9.17, 15) is 0 Å². The highest BCUT2D eigenvalue weighted by Gasteiger charge is 2.39. The average Bonchev–Trinajstić information content (AvgIpc) is 2.40. The molecule has 0 saturated carbocycles. The van der Waals surface area contributed by atoms with E-state index in [1.54, 1.807) is 0 Å². The molecule has 1 aliphatic rings. The Bertz CT molecular complexity index is 177. The van der Waals surface area contributed by atoms with Crippen molar-refractivity contribution in [1.82, 2.24) is 4.90 Å². The van der Waals surface area contributed by atoms with E-state index in [1.807, 2.05) is 0 Å². The zero-order chi connectivity index (χ0) is 10.8.